The molecule has 112 valence electrons. The summed E-state index contributed by atoms with van der Waals surface area (Å²) in [5.74, 6) is 1.29. The van der Waals surface area contributed by atoms with Crippen LogP contribution in [0.2, 0.25) is 0 Å². The fourth-order valence-electron chi connectivity index (χ4n) is 2.62. The molecule has 1 rings (SSSR count). The van der Waals surface area contributed by atoms with Crippen LogP contribution >= 0.6 is 0 Å². The van der Waals surface area contributed by atoms with Crippen LogP contribution in [0.3, 0.4) is 0 Å². The lowest BCUT2D eigenvalue weighted by Crippen LogP contribution is -2.49. The fourth-order valence-corrected chi connectivity index (χ4v) is 2.62. The predicted molar refractivity (Wildman–Crippen MR) is 77.2 cm³/mol. The van der Waals surface area contributed by atoms with Gasteiger partial charge in [-0.1, -0.05) is 19.8 Å². The summed E-state index contributed by atoms with van der Waals surface area (Å²) in [6.45, 7) is 4.14. The molecular weight excluding hydrogens is 256 g/mol. The highest BCUT2D eigenvalue weighted by atomic mass is 16.4. The van der Waals surface area contributed by atoms with E-state index in [9.17, 15) is 9.59 Å². The number of carbonyl (C=O) groups is 2. The number of carbonyl (C=O) groups excluding carboxylic acids is 1. The monoisotopic (exact) mass is 280 g/mol. The Kier molecular flexibility index (Phi) is 5.43. The van der Waals surface area contributed by atoms with Gasteiger partial charge in [0.1, 0.15) is 6.54 Å². The predicted octanol–water partition coefficient (Wildman–Crippen LogP) is 2.03. The molecule has 5 nitrogen and oxygen atoms in total. The molecule has 0 aromatic heterocycles. The number of nitrogens with zero attached hydrogens (tertiary/aromatic N) is 2. The van der Waals surface area contributed by atoms with Crippen LogP contribution in [0, 0.1) is 17.8 Å². The standard InChI is InChI=1S/C15H24N2O3/c1-5-10-17(11-13(18)19)14(20)16(4)12-6-8-15(2,3)9-7-12/h1,12H,6-11H2,2-4H3,(H,18,19). The fraction of sp³-hybridized carbons (Fsp3) is 0.733. The van der Waals surface area contributed by atoms with Gasteiger partial charge in [-0.05, 0) is 31.1 Å². The zero-order chi connectivity index (χ0) is 15.3. The summed E-state index contributed by atoms with van der Waals surface area (Å²) in [6.07, 6.45) is 9.25. The molecule has 2 amide bonds. The first-order chi connectivity index (χ1) is 9.26. The third-order valence-electron chi connectivity index (χ3n) is 4.04. The van der Waals surface area contributed by atoms with Crippen molar-refractivity contribution in [2.24, 2.45) is 5.41 Å². The summed E-state index contributed by atoms with van der Waals surface area (Å²) in [5.41, 5.74) is 0.333. The maximum atomic E-state index is 12.3. The van der Waals surface area contributed by atoms with Gasteiger partial charge in [-0.15, -0.1) is 6.42 Å². The summed E-state index contributed by atoms with van der Waals surface area (Å²) in [7, 11) is 1.73. The maximum absolute atomic E-state index is 12.3. The van der Waals surface area contributed by atoms with Crippen molar-refractivity contribution in [1.29, 1.82) is 0 Å². The number of aliphatic carboxylic acids is 1. The number of amides is 2. The van der Waals surface area contributed by atoms with Gasteiger partial charge >= 0.3 is 12.0 Å². The van der Waals surface area contributed by atoms with Gasteiger partial charge in [-0.25, -0.2) is 4.79 Å². The van der Waals surface area contributed by atoms with Crippen LogP contribution in [0.5, 0.6) is 0 Å². The highest BCUT2D eigenvalue weighted by Gasteiger charge is 2.32. The molecule has 1 aliphatic rings. The minimum atomic E-state index is -1.05. The van der Waals surface area contributed by atoms with Crippen LogP contribution in [0.15, 0.2) is 0 Å². The molecule has 1 fully saturated rings. The second-order valence-electron chi connectivity index (χ2n) is 6.24. The minimum Gasteiger partial charge on any atom is -0.480 e. The van der Waals surface area contributed by atoms with Crippen molar-refractivity contribution in [3.63, 3.8) is 0 Å². The normalized spacial score (nSPS) is 18.1. The zero-order valence-corrected chi connectivity index (χ0v) is 12.6. The highest BCUT2D eigenvalue weighted by molar-refractivity contribution is 5.80. The molecule has 0 spiro atoms. The summed E-state index contributed by atoms with van der Waals surface area (Å²) < 4.78 is 0. The van der Waals surface area contributed by atoms with Gasteiger partial charge < -0.3 is 14.9 Å². The minimum absolute atomic E-state index is 0.0215. The summed E-state index contributed by atoms with van der Waals surface area (Å²) in [6, 6.07) is -0.125. The highest BCUT2D eigenvalue weighted by Crippen LogP contribution is 2.36. The largest absolute Gasteiger partial charge is 0.480 e. The van der Waals surface area contributed by atoms with Gasteiger partial charge in [-0.2, -0.15) is 0 Å². The summed E-state index contributed by atoms with van der Waals surface area (Å²) in [4.78, 5) is 26.0. The zero-order valence-electron chi connectivity index (χ0n) is 12.6. The van der Waals surface area contributed by atoms with Crippen molar-refractivity contribution in [3.05, 3.63) is 0 Å². The average molecular weight is 280 g/mol. The molecule has 5 heteroatoms. The van der Waals surface area contributed by atoms with Crippen LogP contribution < -0.4 is 0 Å². The molecule has 0 bridgehead atoms. The Morgan fingerprint density at radius 1 is 1.35 bits per heavy atom. The quantitative estimate of drug-likeness (QED) is 0.801. The number of urea groups is 1. The van der Waals surface area contributed by atoms with Gasteiger partial charge in [0.15, 0.2) is 0 Å². The van der Waals surface area contributed by atoms with Crippen LogP contribution in [0.1, 0.15) is 39.5 Å². The van der Waals surface area contributed by atoms with E-state index in [-0.39, 0.29) is 25.2 Å². The van der Waals surface area contributed by atoms with E-state index in [1.807, 2.05) is 0 Å². The van der Waals surface area contributed by atoms with Gasteiger partial charge in [0.2, 0.25) is 0 Å². The summed E-state index contributed by atoms with van der Waals surface area (Å²) in [5, 5.41) is 8.84. The lowest BCUT2D eigenvalue weighted by Gasteiger charge is -2.39. The van der Waals surface area contributed by atoms with E-state index in [0.29, 0.717) is 5.41 Å². The molecule has 1 N–H and O–H groups in total. The van der Waals surface area contributed by atoms with E-state index in [1.165, 1.54) is 4.90 Å². The van der Waals surface area contributed by atoms with Crippen molar-refractivity contribution in [2.45, 2.75) is 45.6 Å². The van der Waals surface area contributed by atoms with E-state index in [4.69, 9.17) is 11.5 Å². The Hall–Kier alpha value is -1.70. The van der Waals surface area contributed by atoms with E-state index in [2.05, 4.69) is 19.8 Å². The van der Waals surface area contributed by atoms with Gasteiger partial charge in [0.25, 0.3) is 0 Å². The first-order valence-electron chi connectivity index (χ1n) is 6.94. The molecule has 0 radical (unpaired) electrons. The van der Waals surface area contributed by atoms with Crippen molar-refractivity contribution >= 4 is 12.0 Å². The van der Waals surface area contributed by atoms with Crippen LogP contribution in [0.25, 0.3) is 0 Å². The topological polar surface area (TPSA) is 60.9 Å². The van der Waals surface area contributed by atoms with Crippen LogP contribution in [-0.2, 0) is 4.79 Å². The van der Waals surface area contributed by atoms with Crippen molar-refractivity contribution in [2.75, 3.05) is 20.1 Å². The van der Waals surface area contributed by atoms with Crippen molar-refractivity contribution < 1.29 is 14.7 Å². The van der Waals surface area contributed by atoms with Crippen molar-refractivity contribution in [3.8, 4) is 12.3 Å². The van der Waals surface area contributed by atoms with Crippen LogP contribution in [0.4, 0.5) is 4.79 Å². The second kappa shape index (κ2) is 6.65. The molecular formula is C15H24N2O3. The molecule has 0 aromatic rings. The lowest BCUT2D eigenvalue weighted by atomic mass is 9.75. The Bertz CT molecular complexity index is 402. The van der Waals surface area contributed by atoms with Gasteiger partial charge in [0, 0.05) is 13.1 Å². The maximum Gasteiger partial charge on any atom is 0.323 e. The molecule has 1 saturated carbocycles. The molecule has 0 unspecified atom stereocenters. The second-order valence-corrected chi connectivity index (χ2v) is 6.24. The third kappa shape index (κ3) is 4.44. The molecule has 1 aliphatic carbocycles. The smallest absolute Gasteiger partial charge is 0.323 e. The van der Waals surface area contributed by atoms with E-state index < -0.39 is 5.97 Å². The van der Waals surface area contributed by atoms with E-state index in [0.717, 1.165) is 25.7 Å². The Balaban J connectivity index is 2.65. The molecule has 0 saturated heterocycles. The number of hydrogen-bond donors (Lipinski definition) is 1. The molecule has 0 atom stereocenters. The molecule has 20 heavy (non-hydrogen) atoms. The third-order valence-corrected chi connectivity index (χ3v) is 4.04. The average Bonchev–Trinajstić information content (AvgIpc) is 2.36. The molecule has 0 heterocycles. The number of hydrogen-bond acceptors (Lipinski definition) is 2. The summed E-state index contributed by atoms with van der Waals surface area (Å²) >= 11 is 0. The van der Waals surface area contributed by atoms with Crippen molar-refractivity contribution in [1.82, 2.24) is 9.80 Å². The number of carboxylic acids is 1. The van der Waals surface area contributed by atoms with E-state index >= 15 is 0 Å². The first kappa shape index (κ1) is 16.4. The lowest BCUT2D eigenvalue weighted by molar-refractivity contribution is -0.137. The number of terminal acetylenes is 1. The molecule has 0 aliphatic heterocycles. The Morgan fingerprint density at radius 2 is 1.90 bits per heavy atom. The van der Waals surface area contributed by atoms with Gasteiger partial charge in [-0.3, -0.25) is 4.79 Å². The Morgan fingerprint density at radius 3 is 2.35 bits per heavy atom. The SMILES string of the molecule is C#CCN(CC(=O)O)C(=O)N(C)C1CCC(C)(C)CC1. The number of rotatable bonds is 4. The van der Waals surface area contributed by atoms with Gasteiger partial charge in [0.05, 0.1) is 6.54 Å². The van der Waals surface area contributed by atoms with E-state index in [1.54, 1.807) is 11.9 Å². The molecule has 0 aromatic carbocycles. The first-order valence-corrected chi connectivity index (χ1v) is 6.94. The number of carboxylic acid groups (broad SMARTS) is 1. The van der Waals surface area contributed by atoms with Crippen LogP contribution in [-0.4, -0.2) is 53.1 Å². The Labute approximate surface area is 120 Å².